The number of ketones is 1. The minimum Gasteiger partial charge on any atom is -0.396 e. The molecule has 6 heteroatoms. The summed E-state index contributed by atoms with van der Waals surface area (Å²) >= 11 is 0. The second kappa shape index (κ2) is 7.41. The van der Waals surface area contributed by atoms with Crippen LogP contribution in [0.25, 0.3) is 22.4 Å². The summed E-state index contributed by atoms with van der Waals surface area (Å²) < 4.78 is 0. The first-order valence-electron chi connectivity index (χ1n) is 11.9. The Morgan fingerprint density at radius 3 is 2.75 bits per heavy atom. The van der Waals surface area contributed by atoms with Crippen molar-refractivity contribution >= 4 is 22.6 Å². The van der Waals surface area contributed by atoms with Crippen molar-refractivity contribution in [1.29, 1.82) is 0 Å². The number of aliphatic hydroxyl groups is 1. The summed E-state index contributed by atoms with van der Waals surface area (Å²) in [6.07, 6.45) is 8.93. The first-order chi connectivity index (χ1) is 15.6. The van der Waals surface area contributed by atoms with E-state index < -0.39 is 0 Å². The molecule has 6 nitrogen and oxygen atoms in total. The summed E-state index contributed by atoms with van der Waals surface area (Å²) in [6, 6.07) is 8.44. The van der Waals surface area contributed by atoms with Crippen molar-refractivity contribution < 1.29 is 9.90 Å². The zero-order valence-electron chi connectivity index (χ0n) is 18.6. The average Bonchev–Trinajstić information content (AvgIpc) is 3.15. The topological polar surface area (TPSA) is 82.1 Å². The third-order valence-corrected chi connectivity index (χ3v) is 8.22. The molecule has 1 saturated heterocycles. The van der Waals surface area contributed by atoms with Crippen LogP contribution >= 0.6 is 0 Å². The van der Waals surface area contributed by atoms with Crippen LogP contribution in [0.1, 0.15) is 49.4 Å². The van der Waals surface area contributed by atoms with Gasteiger partial charge in [-0.3, -0.25) is 4.79 Å². The average molecular weight is 431 g/mol. The van der Waals surface area contributed by atoms with Crippen LogP contribution in [-0.4, -0.2) is 45.5 Å². The van der Waals surface area contributed by atoms with Crippen molar-refractivity contribution in [2.24, 2.45) is 23.2 Å². The zero-order chi connectivity index (χ0) is 21.9. The van der Waals surface area contributed by atoms with Crippen molar-refractivity contribution in [2.45, 2.75) is 39.0 Å². The highest BCUT2D eigenvalue weighted by atomic mass is 16.3. The molecular formula is C26H30N4O2. The molecule has 2 N–H and O–H groups in total. The highest BCUT2D eigenvalue weighted by Gasteiger charge is 2.55. The maximum atomic E-state index is 13.4. The van der Waals surface area contributed by atoms with E-state index in [9.17, 15) is 9.90 Å². The van der Waals surface area contributed by atoms with Gasteiger partial charge in [-0.05, 0) is 42.7 Å². The summed E-state index contributed by atoms with van der Waals surface area (Å²) in [7, 11) is 0. The van der Waals surface area contributed by atoms with E-state index in [-0.39, 0.29) is 11.2 Å². The standard InChI is InChI=1S/C26H30N4O2/c1-26(8-3-2-4-9-26)24(32)18-11-27-25-23(18)29-22(12-28-25)16-6-5-7-17(10-16)30-13-19-20(14-30)21(19)15-31/h5-7,10-12,19-21,31H,2-4,8-9,13-15H2,1H3,(H,27,28). The van der Waals surface area contributed by atoms with Gasteiger partial charge in [-0.15, -0.1) is 0 Å². The monoisotopic (exact) mass is 430 g/mol. The first kappa shape index (κ1) is 19.9. The number of aromatic amines is 1. The number of anilines is 1. The van der Waals surface area contributed by atoms with Crippen LogP contribution in [0, 0.1) is 23.2 Å². The predicted molar refractivity (Wildman–Crippen MR) is 125 cm³/mol. The molecule has 1 aliphatic heterocycles. The second-order valence-corrected chi connectivity index (χ2v) is 10.2. The Morgan fingerprint density at radius 2 is 2.00 bits per heavy atom. The molecule has 166 valence electrons. The third kappa shape index (κ3) is 3.15. The van der Waals surface area contributed by atoms with Crippen molar-refractivity contribution in [3.05, 3.63) is 42.2 Å². The quantitative estimate of drug-likeness (QED) is 0.585. The molecule has 3 fully saturated rings. The van der Waals surface area contributed by atoms with Crippen LogP contribution in [0.2, 0.25) is 0 Å². The summed E-state index contributed by atoms with van der Waals surface area (Å²) in [4.78, 5) is 28.5. The highest BCUT2D eigenvalue weighted by molar-refractivity contribution is 6.08. The van der Waals surface area contributed by atoms with Gasteiger partial charge >= 0.3 is 0 Å². The van der Waals surface area contributed by atoms with Gasteiger partial charge in [-0.2, -0.15) is 0 Å². The number of carbonyl (C=O) groups excluding carboxylic acids is 1. The van der Waals surface area contributed by atoms with Gasteiger partial charge in [-0.25, -0.2) is 9.97 Å². The molecule has 0 bridgehead atoms. The Labute approximate surface area is 188 Å². The van der Waals surface area contributed by atoms with E-state index in [1.807, 2.05) is 0 Å². The normalized spacial score (nSPS) is 26.3. The number of carbonyl (C=O) groups is 1. The van der Waals surface area contributed by atoms with E-state index in [1.165, 1.54) is 12.1 Å². The maximum Gasteiger partial charge on any atom is 0.172 e. The van der Waals surface area contributed by atoms with Gasteiger partial charge in [0.05, 0.1) is 17.5 Å². The molecule has 6 rings (SSSR count). The largest absolute Gasteiger partial charge is 0.396 e. The van der Waals surface area contributed by atoms with Crippen LogP contribution in [0.4, 0.5) is 5.69 Å². The number of piperidine rings is 1. The SMILES string of the molecule is CC1(C(=O)c2c[nH]c3ncc(-c4cccc(N5CC6C(CO)C6C5)c4)nc23)CCCCC1. The molecule has 3 aliphatic rings. The molecule has 2 aromatic heterocycles. The van der Waals surface area contributed by atoms with Gasteiger partial charge in [0.15, 0.2) is 11.4 Å². The summed E-state index contributed by atoms with van der Waals surface area (Å²) in [5, 5.41) is 9.43. The molecule has 0 radical (unpaired) electrons. The van der Waals surface area contributed by atoms with Crippen LogP contribution in [0.15, 0.2) is 36.7 Å². The first-order valence-corrected chi connectivity index (χ1v) is 11.9. The predicted octanol–water partition coefficient (Wildman–Crippen LogP) is 4.45. The number of fused-ring (bicyclic) bond motifs is 2. The lowest BCUT2D eigenvalue weighted by atomic mass is 9.71. The molecule has 2 atom stereocenters. The van der Waals surface area contributed by atoms with Crippen molar-refractivity contribution in [1.82, 2.24) is 15.0 Å². The Morgan fingerprint density at radius 1 is 1.22 bits per heavy atom. The summed E-state index contributed by atoms with van der Waals surface area (Å²) in [5.74, 6) is 1.96. The number of benzene rings is 1. The number of Topliss-reactive ketones (excluding diaryl/α,β-unsaturated/α-hetero) is 1. The van der Waals surface area contributed by atoms with E-state index in [0.29, 0.717) is 41.1 Å². The zero-order valence-corrected chi connectivity index (χ0v) is 18.6. The van der Waals surface area contributed by atoms with Crippen LogP contribution < -0.4 is 4.90 Å². The van der Waals surface area contributed by atoms with Crippen molar-refractivity contribution in [2.75, 3.05) is 24.6 Å². The highest BCUT2D eigenvalue weighted by Crippen LogP contribution is 2.52. The van der Waals surface area contributed by atoms with Crippen molar-refractivity contribution in [3.8, 4) is 11.3 Å². The number of nitrogens with zero attached hydrogens (tertiary/aromatic N) is 3. The number of nitrogens with one attached hydrogen (secondary N) is 1. The lowest BCUT2D eigenvalue weighted by molar-refractivity contribution is 0.0751. The Balaban J connectivity index is 1.30. The van der Waals surface area contributed by atoms with Gasteiger partial charge in [0, 0.05) is 42.6 Å². The number of H-pyrrole nitrogens is 1. The minimum absolute atomic E-state index is 0.193. The van der Waals surface area contributed by atoms with Crippen LogP contribution in [-0.2, 0) is 0 Å². The van der Waals surface area contributed by atoms with Crippen LogP contribution in [0.3, 0.4) is 0 Å². The van der Waals surface area contributed by atoms with Gasteiger partial charge < -0.3 is 15.0 Å². The molecule has 32 heavy (non-hydrogen) atoms. The number of hydrogen-bond donors (Lipinski definition) is 2. The molecule has 3 aromatic rings. The van der Waals surface area contributed by atoms with Gasteiger partial charge in [-0.1, -0.05) is 38.3 Å². The fourth-order valence-electron chi connectivity index (χ4n) is 6.08. The van der Waals surface area contributed by atoms with Gasteiger partial charge in [0.1, 0.15) is 5.52 Å². The minimum atomic E-state index is -0.298. The van der Waals surface area contributed by atoms with Crippen molar-refractivity contribution in [3.63, 3.8) is 0 Å². The second-order valence-electron chi connectivity index (χ2n) is 10.2. The Bertz CT molecular complexity index is 1170. The number of aromatic nitrogens is 3. The Hall–Kier alpha value is -2.73. The van der Waals surface area contributed by atoms with E-state index in [1.54, 1.807) is 12.4 Å². The number of rotatable bonds is 5. The van der Waals surface area contributed by atoms with E-state index >= 15 is 0 Å². The lowest BCUT2D eigenvalue weighted by Gasteiger charge is -2.31. The molecule has 1 aromatic carbocycles. The molecular weight excluding hydrogens is 400 g/mol. The number of hydrogen-bond acceptors (Lipinski definition) is 5. The molecule has 2 saturated carbocycles. The molecule has 3 heterocycles. The van der Waals surface area contributed by atoms with Gasteiger partial charge in [0.25, 0.3) is 0 Å². The lowest BCUT2D eigenvalue weighted by Crippen LogP contribution is -2.30. The van der Waals surface area contributed by atoms with E-state index in [2.05, 4.69) is 46.1 Å². The molecule has 2 aliphatic carbocycles. The molecule has 2 unspecified atom stereocenters. The number of aliphatic hydroxyl groups excluding tert-OH is 1. The molecule has 0 spiro atoms. The third-order valence-electron chi connectivity index (χ3n) is 8.22. The van der Waals surface area contributed by atoms with E-state index in [4.69, 9.17) is 4.98 Å². The summed E-state index contributed by atoms with van der Waals surface area (Å²) in [5.41, 5.74) is 4.71. The fourth-order valence-corrected chi connectivity index (χ4v) is 6.08. The van der Waals surface area contributed by atoms with Crippen LogP contribution in [0.5, 0.6) is 0 Å². The van der Waals surface area contributed by atoms with Gasteiger partial charge in [0.2, 0.25) is 0 Å². The summed E-state index contributed by atoms with van der Waals surface area (Å²) in [6.45, 7) is 4.45. The molecule has 0 amide bonds. The van der Waals surface area contributed by atoms with E-state index in [0.717, 1.165) is 50.0 Å². The Kier molecular flexibility index (Phi) is 4.61. The smallest absolute Gasteiger partial charge is 0.172 e. The maximum absolute atomic E-state index is 13.4. The fraction of sp³-hybridized carbons (Fsp3) is 0.500.